The van der Waals surface area contributed by atoms with E-state index in [-0.39, 0.29) is 6.04 Å². The quantitative estimate of drug-likeness (QED) is 0.866. The van der Waals surface area contributed by atoms with Crippen LogP contribution in [0.25, 0.3) is 10.6 Å². The number of nitrogens with one attached hydrogen (secondary N) is 1. The second-order valence-electron chi connectivity index (χ2n) is 4.55. The lowest BCUT2D eigenvalue weighted by Crippen LogP contribution is -2.17. The van der Waals surface area contributed by atoms with Gasteiger partial charge in [-0.05, 0) is 25.6 Å². The lowest BCUT2D eigenvalue weighted by molar-refractivity contribution is 0.355. The summed E-state index contributed by atoms with van der Waals surface area (Å²) in [4.78, 5) is 4.67. The monoisotopic (exact) mass is 326 g/mol. The Balaban J connectivity index is 2.36. The molecule has 0 saturated heterocycles. The van der Waals surface area contributed by atoms with Crippen LogP contribution in [0.15, 0.2) is 17.5 Å². The zero-order valence-corrected chi connectivity index (χ0v) is 14.1. The van der Waals surface area contributed by atoms with Gasteiger partial charge in [-0.3, -0.25) is 0 Å². The van der Waals surface area contributed by atoms with Crippen molar-refractivity contribution < 1.29 is 9.47 Å². The highest BCUT2D eigenvalue weighted by atomic mass is 35.5. The molecule has 1 aromatic heterocycles. The summed E-state index contributed by atoms with van der Waals surface area (Å²) < 4.78 is 10.6. The van der Waals surface area contributed by atoms with E-state index >= 15 is 0 Å². The normalized spacial score (nSPS) is 12.2. The molecule has 1 unspecified atom stereocenters. The first-order valence-electron chi connectivity index (χ1n) is 6.71. The Morgan fingerprint density at radius 1 is 1.33 bits per heavy atom. The van der Waals surface area contributed by atoms with Gasteiger partial charge < -0.3 is 14.8 Å². The summed E-state index contributed by atoms with van der Waals surface area (Å²) in [7, 11) is 3.17. The fourth-order valence-corrected chi connectivity index (χ4v) is 3.26. The molecule has 1 N–H and O–H groups in total. The van der Waals surface area contributed by atoms with Crippen molar-refractivity contribution in [2.45, 2.75) is 19.9 Å². The van der Waals surface area contributed by atoms with E-state index in [2.05, 4.69) is 29.5 Å². The first kappa shape index (κ1) is 16.1. The molecule has 4 nitrogen and oxygen atoms in total. The van der Waals surface area contributed by atoms with Crippen LogP contribution in [-0.4, -0.2) is 25.7 Å². The summed E-state index contributed by atoms with van der Waals surface area (Å²) in [6.45, 7) is 5.10. The second kappa shape index (κ2) is 7.11. The van der Waals surface area contributed by atoms with E-state index in [1.807, 2.05) is 12.1 Å². The summed E-state index contributed by atoms with van der Waals surface area (Å²) in [5, 5.41) is 6.85. The summed E-state index contributed by atoms with van der Waals surface area (Å²) in [5.74, 6) is 1.15. The van der Waals surface area contributed by atoms with Gasteiger partial charge in [0.05, 0.1) is 24.9 Å². The van der Waals surface area contributed by atoms with Crippen molar-refractivity contribution in [2.24, 2.45) is 0 Å². The number of aromatic nitrogens is 1. The van der Waals surface area contributed by atoms with E-state index in [0.717, 1.165) is 22.8 Å². The second-order valence-corrected chi connectivity index (χ2v) is 5.82. The van der Waals surface area contributed by atoms with E-state index in [1.165, 1.54) is 0 Å². The highest BCUT2D eigenvalue weighted by Crippen LogP contribution is 2.40. The van der Waals surface area contributed by atoms with Crippen LogP contribution in [0, 0.1) is 0 Å². The van der Waals surface area contributed by atoms with Gasteiger partial charge in [0.15, 0.2) is 11.5 Å². The number of rotatable bonds is 6. The molecule has 0 fully saturated rings. The SMILES string of the molecule is CCNC(C)c1csc(-c2cc(Cl)c(OC)c(OC)c2)n1. The lowest BCUT2D eigenvalue weighted by Gasteiger charge is -2.11. The highest BCUT2D eigenvalue weighted by molar-refractivity contribution is 7.13. The van der Waals surface area contributed by atoms with E-state index in [1.54, 1.807) is 25.6 Å². The van der Waals surface area contributed by atoms with Crippen LogP contribution >= 0.6 is 22.9 Å². The topological polar surface area (TPSA) is 43.4 Å². The molecule has 1 aromatic carbocycles. The number of thiazole rings is 1. The van der Waals surface area contributed by atoms with E-state index < -0.39 is 0 Å². The zero-order valence-electron chi connectivity index (χ0n) is 12.6. The molecule has 0 bridgehead atoms. The van der Waals surface area contributed by atoms with Crippen LogP contribution in [0.4, 0.5) is 0 Å². The third-order valence-corrected chi connectivity index (χ3v) is 4.35. The molecule has 0 saturated carbocycles. The highest BCUT2D eigenvalue weighted by Gasteiger charge is 2.15. The standard InChI is InChI=1S/C15H19ClN2O2S/c1-5-17-9(2)12-8-21-15(18-12)10-6-11(16)14(20-4)13(7-10)19-3/h6-9,17H,5H2,1-4H3. The molecule has 1 atom stereocenters. The Kier molecular flexibility index (Phi) is 5.45. The largest absolute Gasteiger partial charge is 0.493 e. The van der Waals surface area contributed by atoms with Crippen LogP contribution in [0.2, 0.25) is 5.02 Å². The van der Waals surface area contributed by atoms with Gasteiger partial charge >= 0.3 is 0 Å². The summed E-state index contributed by atoms with van der Waals surface area (Å²) >= 11 is 7.83. The van der Waals surface area contributed by atoms with E-state index in [4.69, 9.17) is 21.1 Å². The van der Waals surface area contributed by atoms with Gasteiger partial charge in [-0.2, -0.15) is 0 Å². The predicted octanol–water partition coefficient (Wildman–Crippen LogP) is 4.15. The summed E-state index contributed by atoms with van der Waals surface area (Å²) in [5.41, 5.74) is 1.96. The van der Waals surface area contributed by atoms with Gasteiger partial charge in [0.1, 0.15) is 5.01 Å². The average Bonchev–Trinajstić information content (AvgIpc) is 2.96. The Hall–Kier alpha value is -1.30. The zero-order chi connectivity index (χ0) is 15.4. The minimum absolute atomic E-state index is 0.232. The van der Waals surface area contributed by atoms with Crippen molar-refractivity contribution in [1.29, 1.82) is 0 Å². The average molecular weight is 327 g/mol. The van der Waals surface area contributed by atoms with Crippen LogP contribution in [-0.2, 0) is 0 Å². The van der Waals surface area contributed by atoms with Crippen LogP contribution < -0.4 is 14.8 Å². The van der Waals surface area contributed by atoms with Gasteiger partial charge in [0.25, 0.3) is 0 Å². The summed E-state index contributed by atoms with van der Waals surface area (Å²) in [6, 6.07) is 3.98. The van der Waals surface area contributed by atoms with Gasteiger partial charge in [-0.15, -0.1) is 11.3 Å². The van der Waals surface area contributed by atoms with Gasteiger partial charge in [-0.25, -0.2) is 4.98 Å². The fraction of sp³-hybridized carbons (Fsp3) is 0.400. The molecule has 0 aliphatic heterocycles. The number of hydrogen-bond acceptors (Lipinski definition) is 5. The van der Waals surface area contributed by atoms with Crippen LogP contribution in [0.5, 0.6) is 11.5 Å². The van der Waals surface area contributed by atoms with Crippen molar-refractivity contribution in [2.75, 3.05) is 20.8 Å². The smallest absolute Gasteiger partial charge is 0.179 e. The molecular weight excluding hydrogens is 308 g/mol. The van der Waals surface area contributed by atoms with Gasteiger partial charge in [0, 0.05) is 17.0 Å². The maximum atomic E-state index is 6.24. The van der Waals surface area contributed by atoms with Crippen molar-refractivity contribution in [3.05, 3.63) is 28.2 Å². The molecule has 2 aromatic rings. The number of halogens is 1. The number of ether oxygens (including phenoxy) is 2. The van der Waals surface area contributed by atoms with Crippen molar-refractivity contribution >= 4 is 22.9 Å². The Morgan fingerprint density at radius 3 is 2.71 bits per heavy atom. The maximum Gasteiger partial charge on any atom is 0.179 e. The van der Waals surface area contributed by atoms with Crippen molar-refractivity contribution in [3.63, 3.8) is 0 Å². The third kappa shape index (κ3) is 3.48. The molecule has 0 aliphatic rings. The Labute approximate surface area is 134 Å². The minimum Gasteiger partial charge on any atom is -0.493 e. The molecule has 21 heavy (non-hydrogen) atoms. The fourth-order valence-electron chi connectivity index (χ4n) is 2.07. The van der Waals surface area contributed by atoms with E-state index in [9.17, 15) is 0 Å². The first-order valence-corrected chi connectivity index (χ1v) is 7.97. The third-order valence-electron chi connectivity index (χ3n) is 3.16. The number of hydrogen-bond donors (Lipinski definition) is 1. The van der Waals surface area contributed by atoms with Crippen molar-refractivity contribution in [1.82, 2.24) is 10.3 Å². The molecule has 0 aliphatic carbocycles. The van der Waals surface area contributed by atoms with Crippen LogP contribution in [0.1, 0.15) is 25.6 Å². The molecule has 1 heterocycles. The van der Waals surface area contributed by atoms with Crippen molar-refractivity contribution in [3.8, 4) is 22.1 Å². The molecule has 6 heteroatoms. The molecule has 0 amide bonds. The van der Waals surface area contributed by atoms with E-state index in [0.29, 0.717) is 16.5 Å². The Bertz CT molecular complexity index is 616. The minimum atomic E-state index is 0.232. The molecule has 0 radical (unpaired) electrons. The number of methoxy groups -OCH3 is 2. The first-order chi connectivity index (χ1) is 10.1. The van der Waals surface area contributed by atoms with Crippen LogP contribution in [0.3, 0.4) is 0 Å². The number of nitrogens with zero attached hydrogens (tertiary/aromatic N) is 1. The molecule has 114 valence electrons. The van der Waals surface area contributed by atoms with Gasteiger partial charge in [0.2, 0.25) is 0 Å². The summed E-state index contributed by atoms with van der Waals surface area (Å²) in [6.07, 6.45) is 0. The molecule has 0 spiro atoms. The van der Waals surface area contributed by atoms with Gasteiger partial charge in [-0.1, -0.05) is 18.5 Å². The molecular formula is C15H19ClN2O2S. The lowest BCUT2D eigenvalue weighted by atomic mass is 10.2. The molecule has 2 rings (SSSR count). The number of benzene rings is 1. The Morgan fingerprint density at radius 2 is 2.10 bits per heavy atom. The predicted molar refractivity (Wildman–Crippen MR) is 87.8 cm³/mol. The maximum absolute atomic E-state index is 6.24.